The second-order valence-electron chi connectivity index (χ2n) is 5.37. The zero-order chi connectivity index (χ0) is 16.5. The number of alkyl halides is 1. The van der Waals surface area contributed by atoms with Gasteiger partial charge in [0.1, 0.15) is 12.6 Å². The third kappa shape index (κ3) is 5.93. The van der Waals surface area contributed by atoms with Crippen LogP contribution in [0.3, 0.4) is 0 Å². The molecule has 0 radical (unpaired) electrons. The van der Waals surface area contributed by atoms with Gasteiger partial charge < -0.3 is 9.47 Å². The van der Waals surface area contributed by atoms with E-state index in [4.69, 9.17) is 21.1 Å². The Kier molecular flexibility index (Phi) is 7.74. The number of hydrogen-bond acceptors (Lipinski definition) is 4. The van der Waals surface area contributed by atoms with Gasteiger partial charge in [-0.05, 0) is 17.9 Å². The van der Waals surface area contributed by atoms with Crippen LogP contribution in [0.2, 0.25) is 0 Å². The van der Waals surface area contributed by atoms with Crippen molar-refractivity contribution in [2.75, 3.05) is 13.1 Å². The van der Waals surface area contributed by atoms with E-state index in [-0.39, 0.29) is 18.6 Å². The molecule has 0 heterocycles. The maximum Gasteiger partial charge on any atom is 0.410 e. The summed E-state index contributed by atoms with van der Waals surface area (Å²) in [4.78, 5) is 25.3. The van der Waals surface area contributed by atoms with Crippen molar-refractivity contribution < 1.29 is 19.1 Å². The molecule has 122 valence electrons. The van der Waals surface area contributed by atoms with Crippen molar-refractivity contribution in [2.24, 2.45) is 5.92 Å². The van der Waals surface area contributed by atoms with Crippen LogP contribution in [-0.4, -0.2) is 36.1 Å². The molecule has 0 saturated heterocycles. The highest BCUT2D eigenvalue weighted by Crippen LogP contribution is 2.14. The monoisotopic (exact) mass is 327 g/mol. The second-order valence-corrected chi connectivity index (χ2v) is 5.59. The Morgan fingerprint density at radius 3 is 2.36 bits per heavy atom. The van der Waals surface area contributed by atoms with Crippen LogP contribution in [0, 0.1) is 5.92 Å². The molecule has 0 N–H and O–H groups in total. The minimum atomic E-state index is -0.706. The van der Waals surface area contributed by atoms with Crippen molar-refractivity contribution >= 4 is 23.7 Å². The van der Waals surface area contributed by atoms with E-state index in [1.54, 1.807) is 0 Å². The molecular formula is C16H22ClNO4. The van der Waals surface area contributed by atoms with Crippen LogP contribution in [0.4, 0.5) is 4.79 Å². The van der Waals surface area contributed by atoms with Gasteiger partial charge in [-0.15, -0.1) is 0 Å². The van der Waals surface area contributed by atoms with Crippen molar-refractivity contribution in [3.05, 3.63) is 35.9 Å². The first-order valence-electron chi connectivity index (χ1n) is 7.11. The standard InChI is InChI=1S/C16H22ClNO4/c1-12(2)9-14(15(19)22-11-17)18(3)16(20)21-10-13-7-5-4-6-8-13/h4-8,12,14H,9-11H2,1-3H3. The fraction of sp³-hybridized carbons (Fsp3) is 0.500. The Bertz CT molecular complexity index is 478. The van der Waals surface area contributed by atoms with Crippen molar-refractivity contribution in [3.8, 4) is 0 Å². The lowest BCUT2D eigenvalue weighted by Crippen LogP contribution is -2.44. The van der Waals surface area contributed by atoms with Gasteiger partial charge in [0, 0.05) is 7.05 Å². The second kappa shape index (κ2) is 9.30. The van der Waals surface area contributed by atoms with Crippen molar-refractivity contribution in [2.45, 2.75) is 32.9 Å². The molecule has 1 amide bonds. The minimum absolute atomic E-state index is 0.156. The number of hydrogen-bond donors (Lipinski definition) is 0. The molecule has 0 bridgehead atoms. The van der Waals surface area contributed by atoms with Gasteiger partial charge in [-0.3, -0.25) is 4.90 Å². The lowest BCUT2D eigenvalue weighted by molar-refractivity contribution is -0.147. The van der Waals surface area contributed by atoms with Gasteiger partial charge in [0.25, 0.3) is 0 Å². The first-order valence-corrected chi connectivity index (χ1v) is 7.65. The first-order chi connectivity index (χ1) is 10.5. The number of amides is 1. The Morgan fingerprint density at radius 1 is 1.18 bits per heavy atom. The van der Waals surface area contributed by atoms with Crippen LogP contribution in [-0.2, 0) is 20.9 Å². The first kappa shape index (κ1) is 18.3. The number of carbonyl (C=O) groups is 2. The van der Waals surface area contributed by atoms with Crippen LogP contribution >= 0.6 is 11.6 Å². The number of rotatable bonds is 7. The van der Waals surface area contributed by atoms with Crippen molar-refractivity contribution in [1.29, 1.82) is 0 Å². The Balaban J connectivity index is 2.64. The SMILES string of the molecule is CC(C)CC(C(=O)OCCl)N(C)C(=O)OCc1ccccc1. The molecule has 0 aromatic heterocycles. The van der Waals surface area contributed by atoms with Crippen LogP contribution in [0.15, 0.2) is 30.3 Å². The molecular weight excluding hydrogens is 306 g/mol. The summed E-state index contributed by atoms with van der Waals surface area (Å²) in [6.45, 7) is 4.08. The average molecular weight is 328 g/mol. The summed E-state index contributed by atoms with van der Waals surface area (Å²) in [6, 6.07) is 8.40. The summed E-state index contributed by atoms with van der Waals surface area (Å²) in [5, 5.41) is 0. The Hall–Kier alpha value is -1.75. The summed E-state index contributed by atoms with van der Waals surface area (Å²) in [5.74, 6) is -0.305. The van der Waals surface area contributed by atoms with Gasteiger partial charge >= 0.3 is 12.1 Å². The molecule has 0 aliphatic carbocycles. The lowest BCUT2D eigenvalue weighted by Gasteiger charge is -2.26. The highest BCUT2D eigenvalue weighted by atomic mass is 35.5. The molecule has 22 heavy (non-hydrogen) atoms. The largest absolute Gasteiger partial charge is 0.448 e. The van der Waals surface area contributed by atoms with Crippen LogP contribution < -0.4 is 0 Å². The molecule has 5 nitrogen and oxygen atoms in total. The van der Waals surface area contributed by atoms with E-state index in [1.807, 2.05) is 44.2 Å². The fourth-order valence-corrected chi connectivity index (χ4v) is 2.06. The molecule has 1 atom stereocenters. The maximum atomic E-state index is 12.1. The lowest BCUT2D eigenvalue weighted by atomic mass is 10.0. The number of likely N-dealkylation sites (N-methyl/N-ethyl adjacent to an activating group) is 1. The third-order valence-electron chi connectivity index (χ3n) is 3.12. The summed E-state index contributed by atoms with van der Waals surface area (Å²) in [7, 11) is 1.52. The topological polar surface area (TPSA) is 55.8 Å². The van der Waals surface area contributed by atoms with Gasteiger partial charge in [0.05, 0.1) is 0 Å². The number of nitrogens with zero attached hydrogens (tertiary/aromatic N) is 1. The number of halogens is 1. The van der Waals surface area contributed by atoms with E-state index in [1.165, 1.54) is 11.9 Å². The van der Waals surface area contributed by atoms with Gasteiger partial charge in [0.15, 0.2) is 6.07 Å². The summed E-state index contributed by atoms with van der Waals surface area (Å²) in [6.07, 6.45) is -0.0897. The molecule has 0 aliphatic heterocycles. The molecule has 1 rings (SSSR count). The average Bonchev–Trinajstić information content (AvgIpc) is 2.50. The maximum absolute atomic E-state index is 12.1. The predicted octanol–water partition coefficient (Wildman–Crippen LogP) is 3.41. The fourth-order valence-electron chi connectivity index (χ4n) is 1.96. The summed E-state index contributed by atoms with van der Waals surface area (Å²) in [5.41, 5.74) is 0.882. The molecule has 0 aliphatic rings. The van der Waals surface area contributed by atoms with E-state index in [2.05, 4.69) is 0 Å². The molecule has 0 spiro atoms. The van der Waals surface area contributed by atoms with Crippen molar-refractivity contribution in [1.82, 2.24) is 4.90 Å². The highest BCUT2D eigenvalue weighted by molar-refractivity contribution is 6.17. The van der Waals surface area contributed by atoms with Crippen LogP contribution in [0.1, 0.15) is 25.8 Å². The minimum Gasteiger partial charge on any atom is -0.448 e. The molecule has 1 unspecified atom stereocenters. The van der Waals surface area contributed by atoms with Gasteiger partial charge in [0.2, 0.25) is 0 Å². The molecule has 6 heteroatoms. The number of carbonyl (C=O) groups excluding carboxylic acids is 2. The molecule has 1 aromatic rings. The summed E-state index contributed by atoms with van der Waals surface area (Å²) >= 11 is 5.42. The molecule has 0 saturated carbocycles. The number of benzene rings is 1. The predicted molar refractivity (Wildman–Crippen MR) is 84.4 cm³/mol. The van der Waals surface area contributed by atoms with Gasteiger partial charge in [-0.25, -0.2) is 9.59 Å². The summed E-state index contributed by atoms with van der Waals surface area (Å²) < 4.78 is 10.0. The van der Waals surface area contributed by atoms with Crippen molar-refractivity contribution in [3.63, 3.8) is 0 Å². The quantitative estimate of drug-likeness (QED) is 0.569. The smallest absolute Gasteiger partial charge is 0.410 e. The molecule has 0 fully saturated rings. The van der Waals surface area contributed by atoms with E-state index >= 15 is 0 Å². The van der Waals surface area contributed by atoms with E-state index in [0.717, 1.165) is 5.56 Å². The normalized spacial score (nSPS) is 11.9. The van der Waals surface area contributed by atoms with E-state index < -0.39 is 18.1 Å². The van der Waals surface area contributed by atoms with E-state index in [0.29, 0.717) is 6.42 Å². The molecule has 1 aromatic carbocycles. The highest BCUT2D eigenvalue weighted by Gasteiger charge is 2.29. The zero-order valence-electron chi connectivity index (χ0n) is 13.1. The number of ether oxygens (including phenoxy) is 2. The van der Waals surface area contributed by atoms with Crippen LogP contribution in [0.5, 0.6) is 0 Å². The van der Waals surface area contributed by atoms with Gasteiger partial charge in [-0.2, -0.15) is 0 Å². The van der Waals surface area contributed by atoms with Gasteiger partial charge in [-0.1, -0.05) is 55.8 Å². The third-order valence-corrected chi connectivity index (χ3v) is 3.23. The Labute approximate surface area is 136 Å². The number of esters is 1. The zero-order valence-corrected chi connectivity index (χ0v) is 13.9. The Morgan fingerprint density at radius 2 is 1.82 bits per heavy atom. The van der Waals surface area contributed by atoms with Crippen LogP contribution in [0.25, 0.3) is 0 Å². The van der Waals surface area contributed by atoms with E-state index in [9.17, 15) is 9.59 Å².